The van der Waals surface area contributed by atoms with Gasteiger partial charge in [-0.3, -0.25) is 19.2 Å². The molecule has 0 aliphatic heterocycles. The molecule has 0 aromatic heterocycles. The van der Waals surface area contributed by atoms with Crippen LogP contribution in [-0.2, 0) is 14.4 Å². The lowest BCUT2D eigenvalue weighted by Gasteiger charge is -2.13. The van der Waals surface area contributed by atoms with Gasteiger partial charge in [0.25, 0.3) is 0 Å². The number of carboxylic acid groups (broad SMARTS) is 2. The van der Waals surface area contributed by atoms with Crippen molar-refractivity contribution in [2.75, 3.05) is 12.3 Å². The Morgan fingerprint density at radius 2 is 1.73 bits per heavy atom. The summed E-state index contributed by atoms with van der Waals surface area (Å²) in [5.74, 6) is -2.87. The minimum Gasteiger partial charge on any atom is -0.481 e. The van der Waals surface area contributed by atoms with Crippen molar-refractivity contribution in [1.82, 2.24) is 5.32 Å². The zero-order chi connectivity index (χ0) is 22.3. The van der Waals surface area contributed by atoms with Gasteiger partial charge in [0.2, 0.25) is 5.91 Å². The number of benzene rings is 2. The third kappa shape index (κ3) is 6.55. The van der Waals surface area contributed by atoms with Crippen molar-refractivity contribution < 1.29 is 29.4 Å². The second kappa shape index (κ2) is 10.7. The van der Waals surface area contributed by atoms with Crippen molar-refractivity contribution >= 4 is 46.2 Å². The van der Waals surface area contributed by atoms with Gasteiger partial charge in [0.05, 0.1) is 12.1 Å². The summed E-state index contributed by atoms with van der Waals surface area (Å²) in [6.07, 6.45) is -0.146. The van der Waals surface area contributed by atoms with E-state index in [1.54, 1.807) is 18.2 Å². The maximum Gasteiger partial charge on any atom is 0.322 e. The van der Waals surface area contributed by atoms with E-state index >= 15 is 0 Å². The molecule has 0 aliphatic rings. The molecule has 0 unspecified atom stereocenters. The molecule has 9 nitrogen and oxygen atoms in total. The zero-order valence-electron chi connectivity index (χ0n) is 16.0. The first kappa shape index (κ1) is 23.3. The molecule has 0 radical (unpaired) electrons. The first-order valence-electron chi connectivity index (χ1n) is 9.11. The minimum atomic E-state index is -1.16. The number of carbonyl (C=O) groups is 4. The molecular formula is C20H23N3O6S. The molecule has 1 amide bonds. The first-order valence-corrected chi connectivity index (χ1v) is 10.1. The van der Waals surface area contributed by atoms with Gasteiger partial charge in [0.15, 0.2) is 5.78 Å². The summed E-state index contributed by atoms with van der Waals surface area (Å²) in [5.41, 5.74) is 12.0. The van der Waals surface area contributed by atoms with Crippen LogP contribution in [-0.4, -0.2) is 58.2 Å². The molecule has 160 valence electrons. The summed E-state index contributed by atoms with van der Waals surface area (Å²) in [4.78, 5) is 46.4. The highest BCUT2D eigenvalue weighted by molar-refractivity contribution is 7.99. The van der Waals surface area contributed by atoms with Crippen molar-refractivity contribution in [1.29, 1.82) is 0 Å². The van der Waals surface area contributed by atoms with E-state index in [0.29, 0.717) is 5.56 Å². The lowest BCUT2D eigenvalue weighted by atomic mass is 9.98. The maximum atomic E-state index is 12.5. The number of nitrogens with two attached hydrogens (primary N) is 2. The largest absolute Gasteiger partial charge is 0.481 e. The van der Waals surface area contributed by atoms with Crippen LogP contribution in [0.25, 0.3) is 10.8 Å². The van der Waals surface area contributed by atoms with Gasteiger partial charge in [0.1, 0.15) is 6.54 Å². The molecule has 10 heteroatoms. The third-order valence-corrected chi connectivity index (χ3v) is 5.49. The Morgan fingerprint density at radius 1 is 1.00 bits per heavy atom. The summed E-state index contributed by atoms with van der Waals surface area (Å²) in [6, 6.07) is 8.83. The van der Waals surface area contributed by atoms with E-state index < -0.39 is 36.5 Å². The minimum absolute atomic E-state index is 0.0446. The quantitative estimate of drug-likeness (QED) is 0.254. The second-order valence-electron chi connectivity index (χ2n) is 6.62. The number of carboxylic acids is 2. The van der Waals surface area contributed by atoms with Gasteiger partial charge in [-0.25, -0.2) is 0 Å². The molecule has 30 heavy (non-hydrogen) atoms. The van der Waals surface area contributed by atoms with Gasteiger partial charge in [-0.2, -0.15) is 0 Å². The zero-order valence-corrected chi connectivity index (χ0v) is 16.9. The van der Waals surface area contributed by atoms with Crippen LogP contribution in [0.5, 0.6) is 0 Å². The normalized spacial score (nSPS) is 12.9. The lowest BCUT2D eigenvalue weighted by molar-refractivity contribution is -0.138. The Balaban J connectivity index is 2.14. The molecule has 0 bridgehead atoms. The van der Waals surface area contributed by atoms with Crippen LogP contribution in [0.15, 0.2) is 41.3 Å². The Hall–Kier alpha value is -2.95. The van der Waals surface area contributed by atoms with Crippen molar-refractivity contribution in [2.45, 2.75) is 29.8 Å². The van der Waals surface area contributed by atoms with E-state index in [1.165, 1.54) is 11.8 Å². The second-order valence-corrected chi connectivity index (χ2v) is 7.69. The number of carbonyl (C=O) groups excluding carboxylic acids is 2. The summed E-state index contributed by atoms with van der Waals surface area (Å²) in [7, 11) is 0. The van der Waals surface area contributed by atoms with Gasteiger partial charge >= 0.3 is 11.9 Å². The standard InChI is InChI=1S/C20H23N3O6S/c21-14(6-7-17(24)25)19(28)12-5-4-11-2-1-3-16(13(11)8-12)30-10-15(22)20(29)23-9-18(26)27/h1-5,8,14-15H,6-7,9-10,21-22H2,(H,23,29)(H,24,25)(H,26,27)/t14-,15-/m0/s1. The Morgan fingerprint density at radius 3 is 2.40 bits per heavy atom. The molecule has 2 atom stereocenters. The van der Waals surface area contributed by atoms with Crippen LogP contribution in [0, 0.1) is 0 Å². The first-order chi connectivity index (χ1) is 14.2. The maximum absolute atomic E-state index is 12.5. The van der Waals surface area contributed by atoms with Gasteiger partial charge in [-0.05, 0) is 29.3 Å². The van der Waals surface area contributed by atoms with Crippen molar-refractivity contribution in [3.63, 3.8) is 0 Å². The summed E-state index contributed by atoms with van der Waals surface area (Å²) < 4.78 is 0. The third-order valence-electron chi connectivity index (χ3n) is 4.30. The van der Waals surface area contributed by atoms with Crippen LogP contribution in [0.3, 0.4) is 0 Å². The number of ketones is 1. The summed E-state index contributed by atoms with van der Waals surface area (Å²) in [6.45, 7) is -0.501. The van der Waals surface area contributed by atoms with Crippen LogP contribution < -0.4 is 16.8 Å². The highest BCUT2D eigenvalue weighted by Crippen LogP contribution is 2.29. The lowest BCUT2D eigenvalue weighted by Crippen LogP contribution is -2.44. The molecule has 0 fully saturated rings. The van der Waals surface area contributed by atoms with Crippen molar-refractivity contribution in [2.24, 2.45) is 11.5 Å². The average Bonchev–Trinajstić information content (AvgIpc) is 2.72. The average molecular weight is 433 g/mol. The summed E-state index contributed by atoms with van der Waals surface area (Å²) in [5, 5.41) is 21.3. The van der Waals surface area contributed by atoms with E-state index in [2.05, 4.69) is 5.32 Å². The number of hydrogen-bond acceptors (Lipinski definition) is 7. The number of amides is 1. The fraction of sp³-hybridized carbons (Fsp3) is 0.300. The summed E-state index contributed by atoms with van der Waals surface area (Å²) >= 11 is 1.31. The van der Waals surface area contributed by atoms with Gasteiger partial charge in [0, 0.05) is 22.6 Å². The van der Waals surface area contributed by atoms with Crippen LogP contribution in [0.4, 0.5) is 0 Å². The SMILES string of the molecule is N[C@@H](CSc1cccc2ccc(C(=O)[C@@H](N)CCC(=O)O)cc12)C(=O)NCC(=O)O. The molecule has 2 aromatic rings. The highest BCUT2D eigenvalue weighted by Gasteiger charge is 2.19. The smallest absolute Gasteiger partial charge is 0.322 e. The van der Waals surface area contributed by atoms with E-state index in [0.717, 1.165) is 15.7 Å². The molecule has 0 spiro atoms. The molecule has 7 N–H and O–H groups in total. The number of aliphatic carboxylic acids is 2. The molecule has 0 heterocycles. The predicted molar refractivity (Wildman–Crippen MR) is 112 cm³/mol. The number of nitrogens with one attached hydrogen (secondary N) is 1. The topological polar surface area (TPSA) is 173 Å². The Labute approximate surface area is 176 Å². The van der Waals surface area contributed by atoms with E-state index in [1.807, 2.05) is 18.2 Å². The number of hydrogen-bond donors (Lipinski definition) is 5. The van der Waals surface area contributed by atoms with E-state index in [-0.39, 0.29) is 24.4 Å². The number of rotatable bonds is 11. The fourth-order valence-electron chi connectivity index (χ4n) is 2.70. The van der Waals surface area contributed by atoms with Gasteiger partial charge in [-0.15, -0.1) is 11.8 Å². The van der Waals surface area contributed by atoms with E-state index in [4.69, 9.17) is 21.7 Å². The monoisotopic (exact) mass is 433 g/mol. The number of thioether (sulfide) groups is 1. The van der Waals surface area contributed by atoms with E-state index in [9.17, 15) is 19.2 Å². The molecule has 2 rings (SSSR count). The molecule has 2 aromatic carbocycles. The molecule has 0 saturated heterocycles. The van der Waals surface area contributed by atoms with Crippen molar-refractivity contribution in [3.8, 4) is 0 Å². The van der Waals surface area contributed by atoms with Crippen LogP contribution in [0.2, 0.25) is 0 Å². The number of Topliss-reactive ketones (excluding diaryl/α,β-unsaturated/α-hetero) is 1. The van der Waals surface area contributed by atoms with Crippen LogP contribution in [0.1, 0.15) is 23.2 Å². The molecule has 0 saturated carbocycles. The Bertz CT molecular complexity index is 965. The fourth-order valence-corrected chi connectivity index (χ4v) is 3.71. The number of fused-ring (bicyclic) bond motifs is 1. The van der Waals surface area contributed by atoms with Gasteiger partial charge in [-0.1, -0.05) is 24.3 Å². The van der Waals surface area contributed by atoms with Crippen LogP contribution >= 0.6 is 11.8 Å². The highest BCUT2D eigenvalue weighted by atomic mass is 32.2. The van der Waals surface area contributed by atoms with Crippen molar-refractivity contribution in [3.05, 3.63) is 42.0 Å². The molecular weight excluding hydrogens is 410 g/mol. The van der Waals surface area contributed by atoms with Gasteiger partial charge < -0.3 is 27.0 Å². The Kier molecular flexibility index (Phi) is 8.34. The predicted octanol–water partition coefficient (Wildman–Crippen LogP) is 0.835. The molecule has 0 aliphatic carbocycles.